The molecule has 2 aromatic rings. The summed E-state index contributed by atoms with van der Waals surface area (Å²) in [6.07, 6.45) is 0.744. The highest BCUT2D eigenvalue weighted by molar-refractivity contribution is 5.68. The maximum Gasteiger partial charge on any atom is 0.305 e. The molecule has 0 fully saturated rings. The van der Waals surface area contributed by atoms with Gasteiger partial charge < -0.3 is 10.4 Å². The molecule has 0 aliphatic heterocycles. The molecular weight excluding hydrogens is 224 g/mol. The third-order valence-corrected chi connectivity index (χ3v) is 2.34. The Hall–Kier alpha value is -2.25. The van der Waals surface area contributed by atoms with Gasteiger partial charge in [-0.1, -0.05) is 6.92 Å². The summed E-state index contributed by atoms with van der Waals surface area (Å²) in [5.41, 5.74) is 0.543. The van der Waals surface area contributed by atoms with Gasteiger partial charge in [-0.05, 0) is 29.0 Å². The molecule has 17 heavy (non-hydrogen) atoms. The number of aliphatic carboxylic acids is 1. The fraction of sp³-hybridized carbons (Fsp3) is 0.444. The molecule has 0 amide bonds. The molecule has 8 heteroatoms. The average molecular weight is 236 g/mol. The number of hydrogen-bond donors (Lipinski definition) is 2. The lowest BCUT2D eigenvalue weighted by molar-refractivity contribution is -0.137. The van der Waals surface area contributed by atoms with Gasteiger partial charge in [0.15, 0.2) is 5.65 Å². The Balaban J connectivity index is 2.13. The van der Waals surface area contributed by atoms with Gasteiger partial charge in [-0.2, -0.15) is 0 Å². The van der Waals surface area contributed by atoms with Crippen molar-refractivity contribution in [2.24, 2.45) is 0 Å². The average Bonchev–Trinajstić information content (AvgIpc) is 2.74. The fourth-order valence-electron chi connectivity index (χ4n) is 1.44. The number of aromatic nitrogens is 5. The minimum atomic E-state index is -0.840. The maximum absolute atomic E-state index is 10.6. The molecule has 2 N–H and O–H groups in total. The van der Waals surface area contributed by atoms with Crippen LogP contribution in [-0.4, -0.2) is 42.4 Å². The van der Waals surface area contributed by atoms with Gasteiger partial charge >= 0.3 is 5.97 Å². The molecule has 0 spiro atoms. The Kier molecular flexibility index (Phi) is 3.12. The van der Waals surface area contributed by atoms with Crippen LogP contribution in [0.4, 0.5) is 5.82 Å². The first-order valence-corrected chi connectivity index (χ1v) is 5.23. The summed E-state index contributed by atoms with van der Waals surface area (Å²) in [4.78, 5) is 10.6. The van der Waals surface area contributed by atoms with Gasteiger partial charge in [0.2, 0.25) is 0 Å². The van der Waals surface area contributed by atoms with Crippen molar-refractivity contribution in [2.45, 2.75) is 25.8 Å². The van der Waals surface area contributed by atoms with Gasteiger partial charge in [0, 0.05) is 6.04 Å². The lowest BCUT2D eigenvalue weighted by Crippen LogP contribution is -2.23. The number of carbonyl (C=O) groups is 1. The van der Waals surface area contributed by atoms with E-state index in [2.05, 4.69) is 25.9 Å². The van der Waals surface area contributed by atoms with Crippen molar-refractivity contribution >= 4 is 17.4 Å². The van der Waals surface area contributed by atoms with E-state index in [0.29, 0.717) is 17.9 Å². The lowest BCUT2D eigenvalue weighted by Gasteiger charge is -2.14. The van der Waals surface area contributed by atoms with Crippen LogP contribution >= 0.6 is 0 Å². The minimum Gasteiger partial charge on any atom is -0.481 e. The van der Waals surface area contributed by atoms with Gasteiger partial charge in [-0.15, -0.1) is 14.8 Å². The maximum atomic E-state index is 10.6. The normalized spacial score (nSPS) is 12.5. The van der Waals surface area contributed by atoms with Crippen molar-refractivity contribution in [3.63, 3.8) is 0 Å². The Labute approximate surface area is 96.6 Å². The molecule has 2 heterocycles. The molecule has 0 aromatic carbocycles. The van der Waals surface area contributed by atoms with Crippen LogP contribution in [0.5, 0.6) is 0 Å². The summed E-state index contributed by atoms with van der Waals surface area (Å²) >= 11 is 0. The summed E-state index contributed by atoms with van der Waals surface area (Å²) in [5.74, 6) is -0.286. The van der Waals surface area contributed by atoms with E-state index in [1.807, 2.05) is 6.92 Å². The van der Waals surface area contributed by atoms with Gasteiger partial charge in [0.05, 0.1) is 6.42 Å². The third kappa shape index (κ3) is 2.65. The zero-order chi connectivity index (χ0) is 12.3. The standard InChI is InChI=1S/C9H12N6O2/c1-2-6(5-9(16)17)10-7-3-4-8-11-13-14-15(8)12-7/h3-4,6H,2,5H2,1H3,(H,10,12)(H,16,17). The van der Waals surface area contributed by atoms with E-state index in [0.717, 1.165) is 0 Å². The molecule has 0 aliphatic carbocycles. The first-order valence-electron chi connectivity index (χ1n) is 5.23. The number of carboxylic acids is 1. The van der Waals surface area contributed by atoms with E-state index in [9.17, 15) is 4.79 Å². The summed E-state index contributed by atoms with van der Waals surface area (Å²) in [6.45, 7) is 1.91. The fourth-order valence-corrected chi connectivity index (χ4v) is 1.44. The van der Waals surface area contributed by atoms with Crippen molar-refractivity contribution in [3.05, 3.63) is 12.1 Å². The number of nitrogens with zero attached hydrogens (tertiary/aromatic N) is 5. The van der Waals surface area contributed by atoms with Crippen molar-refractivity contribution in [1.82, 2.24) is 25.3 Å². The SMILES string of the molecule is CCC(CC(=O)O)Nc1ccc2nnnn2n1. The van der Waals surface area contributed by atoms with Crippen LogP contribution in [0, 0.1) is 0 Å². The number of rotatable bonds is 5. The van der Waals surface area contributed by atoms with E-state index < -0.39 is 5.97 Å². The van der Waals surface area contributed by atoms with Gasteiger partial charge in [0.1, 0.15) is 5.82 Å². The molecule has 0 bridgehead atoms. The number of carboxylic acid groups (broad SMARTS) is 1. The van der Waals surface area contributed by atoms with Crippen molar-refractivity contribution < 1.29 is 9.90 Å². The molecule has 0 saturated heterocycles. The van der Waals surface area contributed by atoms with Crippen LogP contribution in [0.3, 0.4) is 0 Å². The van der Waals surface area contributed by atoms with Crippen LogP contribution in [-0.2, 0) is 4.79 Å². The topological polar surface area (TPSA) is 105 Å². The molecule has 2 aromatic heterocycles. The Morgan fingerprint density at radius 3 is 3.12 bits per heavy atom. The van der Waals surface area contributed by atoms with Crippen LogP contribution in [0.25, 0.3) is 5.65 Å². The molecule has 1 unspecified atom stereocenters. The first-order chi connectivity index (χ1) is 8.19. The number of tetrazole rings is 1. The zero-order valence-electron chi connectivity index (χ0n) is 9.24. The molecule has 0 radical (unpaired) electrons. The minimum absolute atomic E-state index is 0.0474. The third-order valence-electron chi connectivity index (χ3n) is 2.34. The largest absolute Gasteiger partial charge is 0.481 e. The van der Waals surface area contributed by atoms with E-state index in [1.54, 1.807) is 12.1 Å². The number of hydrogen-bond acceptors (Lipinski definition) is 6. The van der Waals surface area contributed by atoms with E-state index in [4.69, 9.17) is 5.11 Å². The molecule has 8 nitrogen and oxygen atoms in total. The predicted molar refractivity (Wildman–Crippen MR) is 58.5 cm³/mol. The van der Waals surface area contributed by atoms with E-state index >= 15 is 0 Å². The van der Waals surface area contributed by atoms with E-state index in [1.165, 1.54) is 4.63 Å². The van der Waals surface area contributed by atoms with Gasteiger partial charge in [0.25, 0.3) is 0 Å². The van der Waals surface area contributed by atoms with Crippen molar-refractivity contribution in [3.8, 4) is 0 Å². The Bertz CT molecular complexity index is 525. The molecule has 2 rings (SSSR count). The second-order valence-corrected chi connectivity index (χ2v) is 3.59. The summed E-state index contributed by atoms with van der Waals surface area (Å²) in [6, 6.07) is 3.27. The summed E-state index contributed by atoms with van der Waals surface area (Å²) < 4.78 is 1.29. The van der Waals surface area contributed by atoms with Crippen molar-refractivity contribution in [2.75, 3.05) is 5.32 Å². The second-order valence-electron chi connectivity index (χ2n) is 3.59. The van der Waals surface area contributed by atoms with Crippen LogP contribution in [0.2, 0.25) is 0 Å². The Morgan fingerprint density at radius 1 is 1.59 bits per heavy atom. The van der Waals surface area contributed by atoms with Gasteiger partial charge in [-0.25, -0.2) is 0 Å². The Morgan fingerprint density at radius 2 is 2.41 bits per heavy atom. The van der Waals surface area contributed by atoms with Crippen LogP contribution < -0.4 is 5.32 Å². The highest BCUT2D eigenvalue weighted by atomic mass is 16.4. The molecule has 90 valence electrons. The zero-order valence-corrected chi connectivity index (χ0v) is 9.24. The molecule has 0 saturated carbocycles. The van der Waals surface area contributed by atoms with E-state index in [-0.39, 0.29) is 12.5 Å². The summed E-state index contributed by atoms with van der Waals surface area (Å²) in [5, 5.41) is 26.7. The van der Waals surface area contributed by atoms with Crippen molar-refractivity contribution in [1.29, 1.82) is 0 Å². The van der Waals surface area contributed by atoms with Crippen LogP contribution in [0.1, 0.15) is 19.8 Å². The predicted octanol–water partition coefficient (Wildman–Crippen LogP) is 0.184. The molecule has 1 atom stereocenters. The molecule has 0 aliphatic rings. The highest BCUT2D eigenvalue weighted by Crippen LogP contribution is 2.09. The summed E-state index contributed by atoms with van der Waals surface area (Å²) in [7, 11) is 0. The second kappa shape index (κ2) is 4.73. The molecular formula is C9H12N6O2. The monoisotopic (exact) mass is 236 g/mol. The first kappa shape index (κ1) is 11.2. The van der Waals surface area contributed by atoms with Gasteiger partial charge in [-0.3, -0.25) is 4.79 Å². The smallest absolute Gasteiger partial charge is 0.305 e. The quantitative estimate of drug-likeness (QED) is 0.762. The number of anilines is 1. The number of fused-ring (bicyclic) bond motifs is 1. The number of nitrogens with one attached hydrogen (secondary N) is 1. The highest BCUT2D eigenvalue weighted by Gasteiger charge is 2.11. The van der Waals surface area contributed by atoms with Crippen LogP contribution in [0.15, 0.2) is 12.1 Å². The lowest BCUT2D eigenvalue weighted by atomic mass is 10.1.